The molecule has 1 aliphatic rings. The van der Waals surface area contributed by atoms with Crippen LogP contribution in [0.2, 0.25) is 0 Å². The lowest BCUT2D eigenvalue weighted by Crippen LogP contribution is -2.52. The summed E-state index contributed by atoms with van der Waals surface area (Å²) in [5, 5.41) is 2.83. The largest absolute Gasteiger partial charge is 0.444 e. The highest BCUT2D eigenvalue weighted by Gasteiger charge is 2.30. The molecule has 106 valence electrons. The van der Waals surface area contributed by atoms with Crippen LogP contribution < -0.4 is 5.32 Å². The number of nitrogens with zero attached hydrogens (tertiary/aromatic N) is 1. The van der Waals surface area contributed by atoms with Crippen LogP contribution in [0, 0.1) is 0 Å². The molecule has 1 saturated heterocycles. The molecule has 1 amide bonds. The first-order valence-electron chi connectivity index (χ1n) is 6.45. The van der Waals surface area contributed by atoms with Crippen molar-refractivity contribution in [1.82, 2.24) is 10.2 Å². The molecule has 0 aromatic carbocycles. The number of alkyl carbamates (subject to hydrolysis) is 1. The second kappa shape index (κ2) is 5.43. The lowest BCUT2D eigenvalue weighted by Gasteiger charge is -2.32. The maximum Gasteiger partial charge on any atom is 0.408 e. The van der Waals surface area contributed by atoms with Gasteiger partial charge in [-0.05, 0) is 41.0 Å². The Morgan fingerprint density at radius 2 is 2.00 bits per heavy atom. The fourth-order valence-electron chi connectivity index (χ4n) is 2.11. The topological polar surface area (TPSA) is 41.6 Å². The molecule has 1 aliphatic heterocycles. The van der Waals surface area contributed by atoms with E-state index in [9.17, 15) is 9.18 Å². The maximum atomic E-state index is 13.1. The van der Waals surface area contributed by atoms with Gasteiger partial charge in [-0.3, -0.25) is 4.90 Å². The number of carbonyl (C=O) groups is 1. The molecular formula is C13H25FN2O2. The Hall–Kier alpha value is -0.840. The second-order valence-electron chi connectivity index (χ2n) is 6.63. The van der Waals surface area contributed by atoms with Crippen LogP contribution in [-0.2, 0) is 4.74 Å². The van der Waals surface area contributed by atoms with E-state index in [0.717, 1.165) is 6.54 Å². The lowest BCUT2D eigenvalue weighted by molar-refractivity contribution is 0.0453. The number of nitrogens with one attached hydrogen (secondary N) is 1. The fourth-order valence-corrected chi connectivity index (χ4v) is 2.11. The molecule has 1 rings (SSSR count). The van der Waals surface area contributed by atoms with Crippen molar-refractivity contribution in [2.24, 2.45) is 0 Å². The number of rotatable bonds is 3. The Bertz CT molecular complexity index is 300. The fraction of sp³-hybridized carbons (Fsp3) is 0.923. The van der Waals surface area contributed by atoms with Gasteiger partial charge in [0.1, 0.15) is 11.8 Å². The van der Waals surface area contributed by atoms with E-state index in [1.165, 1.54) is 0 Å². The van der Waals surface area contributed by atoms with Gasteiger partial charge in [0.05, 0.1) is 5.54 Å². The summed E-state index contributed by atoms with van der Waals surface area (Å²) in [6.45, 7) is 11.2. The van der Waals surface area contributed by atoms with E-state index in [4.69, 9.17) is 4.74 Å². The highest BCUT2D eigenvalue weighted by atomic mass is 19.1. The normalized spacial score (nSPS) is 22.0. The van der Waals surface area contributed by atoms with Crippen LogP contribution in [0.1, 0.15) is 41.0 Å². The molecule has 1 heterocycles. The highest BCUT2D eigenvalue weighted by Crippen LogP contribution is 2.16. The predicted molar refractivity (Wildman–Crippen MR) is 69.4 cm³/mol. The minimum atomic E-state index is -0.734. The van der Waals surface area contributed by atoms with Gasteiger partial charge in [-0.15, -0.1) is 0 Å². The molecule has 18 heavy (non-hydrogen) atoms. The first kappa shape index (κ1) is 15.2. The number of amides is 1. The molecule has 0 radical (unpaired) electrons. The van der Waals surface area contributed by atoms with Crippen molar-refractivity contribution in [3.8, 4) is 0 Å². The number of likely N-dealkylation sites (tertiary alicyclic amines) is 1. The van der Waals surface area contributed by atoms with Gasteiger partial charge in [0.25, 0.3) is 0 Å². The van der Waals surface area contributed by atoms with Crippen molar-refractivity contribution in [1.29, 1.82) is 0 Å². The van der Waals surface area contributed by atoms with Crippen LogP contribution >= 0.6 is 0 Å². The summed E-state index contributed by atoms with van der Waals surface area (Å²) < 4.78 is 18.3. The molecule has 5 heteroatoms. The van der Waals surface area contributed by atoms with Gasteiger partial charge in [-0.2, -0.15) is 0 Å². The predicted octanol–water partition coefficient (Wildman–Crippen LogP) is 2.33. The summed E-state index contributed by atoms with van der Waals surface area (Å²) in [6, 6.07) is 0. The zero-order valence-electron chi connectivity index (χ0n) is 12.0. The maximum absolute atomic E-state index is 13.1. The third kappa shape index (κ3) is 5.67. The van der Waals surface area contributed by atoms with E-state index in [0.29, 0.717) is 19.5 Å². The standard InChI is InChI=1S/C13H25FN2O2/c1-12(2,3)18-11(17)15-13(4,5)9-16-7-6-10(14)8-16/h10H,6-9H2,1-5H3,(H,15,17). The smallest absolute Gasteiger partial charge is 0.408 e. The van der Waals surface area contributed by atoms with Crippen LogP contribution in [0.5, 0.6) is 0 Å². The summed E-state index contributed by atoms with van der Waals surface area (Å²) in [6.07, 6.45) is -0.575. The number of hydrogen-bond acceptors (Lipinski definition) is 3. The minimum Gasteiger partial charge on any atom is -0.444 e. The molecule has 1 unspecified atom stereocenters. The van der Waals surface area contributed by atoms with Crippen molar-refractivity contribution < 1.29 is 13.9 Å². The molecule has 0 bridgehead atoms. The molecule has 0 aromatic heterocycles. The molecular weight excluding hydrogens is 235 g/mol. The van der Waals surface area contributed by atoms with E-state index in [1.54, 1.807) is 0 Å². The number of alkyl halides is 1. The van der Waals surface area contributed by atoms with E-state index in [1.807, 2.05) is 39.5 Å². The Kier molecular flexibility index (Phi) is 4.59. The first-order chi connectivity index (χ1) is 8.07. The highest BCUT2D eigenvalue weighted by molar-refractivity contribution is 5.68. The summed E-state index contributed by atoms with van der Waals surface area (Å²) in [5.41, 5.74) is -0.926. The van der Waals surface area contributed by atoms with Crippen molar-refractivity contribution in [2.45, 2.75) is 58.4 Å². The van der Waals surface area contributed by atoms with Crippen LogP contribution in [0.4, 0.5) is 9.18 Å². The zero-order valence-corrected chi connectivity index (χ0v) is 12.0. The number of carbonyl (C=O) groups excluding carboxylic acids is 1. The van der Waals surface area contributed by atoms with Crippen LogP contribution in [0.3, 0.4) is 0 Å². The Balaban J connectivity index is 2.41. The van der Waals surface area contributed by atoms with Crippen molar-refractivity contribution in [2.75, 3.05) is 19.6 Å². The van der Waals surface area contributed by atoms with Gasteiger partial charge in [0, 0.05) is 19.6 Å². The monoisotopic (exact) mass is 260 g/mol. The lowest BCUT2D eigenvalue weighted by atomic mass is 10.1. The first-order valence-corrected chi connectivity index (χ1v) is 6.45. The van der Waals surface area contributed by atoms with E-state index >= 15 is 0 Å². The molecule has 4 nitrogen and oxygen atoms in total. The quantitative estimate of drug-likeness (QED) is 0.847. The van der Waals surface area contributed by atoms with Crippen molar-refractivity contribution in [3.05, 3.63) is 0 Å². The number of hydrogen-bond donors (Lipinski definition) is 1. The number of ether oxygens (including phenoxy) is 1. The molecule has 1 N–H and O–H groups in total. The zero-order chi connectivity index (χ0) is 14.0. The van der Waals surface area contributed by atoms with Gasteiger partial charge in [0.2, 0.25) is 0 Å². The van der Waals surface area contributed by atoms with Crippen LogP contribution in [-0.4, -0.2) is 47.9 Å². The van der Waals surface area contributed by atoms with Gasteiger partial charge in [-0.25, -0.2) is 9.18 Å². The molecule has 1 atom stereocenters. The second-order valence-corrected chi connectivity index (χ2v) is 6.63. The minimum absolute atomic E-state index is 0.424. The molecule has 0 aromatic rings. The summed E-state index contributed by atoms with van der Waals surface area (Å²) in [5.74, 6) is 0. The third-order valence-electron chi connectivity index (χ3n) is 2.67. The third-order valence-corrected chi connectivity index (χ3v) is 2.67. The molecule has 1 fully saturated rings. The Morgan fingerprint density at radius 3 is 2.44 bits per heavy atom. The SMILES string of the molecule is CC(C)(CN1CCC(F)C1)NC(=O)OC(C)(C)C. The average Bonchev–Trinajstić information content (AvgIpc) is 2.44. The van der Waals surface area contributed by atoms with Crippen molar-refractivity contribution in [3.63, 3.8) is 0 Å². The van der Waals surface area contributed by atoms with Crippen molar-refractivity contribution >= 4 is 6.09 Å². The molecule has 0 saturated carbocycles. The van der Waals surface area contributed by atoms with Gasteiger partial charge >= 0.3 is 6.09 Å². The average molecular weight is 260 g/mol. The Morgan fingerprint density at radius 1 is 1.39 bits per heavy atom. The van der Waals surface area contributed by atoms with Gasteiger partial charge < -0.3 is 10.1 Å². The van der Waals surface area contributed by atoms with Crippen LogP contribution in [0.25, 0.3) is 0 Å². The van der Waals surface area contributed by atoms with E-state index in [2.05, 4.69) is 5.32 Å². The number of halogens is 1. The molecule has 0 aliphatic carbocycles. The summed E-state index contributed by atoms with van der Waals surface area (Å²) in [4.78, 5) is 13.7. The summed E-state index contributed by atoms with van der Waals surface area (Å²) in [7, 11) is 0. The van der Waals surface area contributed by atoms with E-state index in [-0.39, 0.29) is 0 Å². The van der Waals surface area contributed by atoms with E-state index < -0.39 is 23.4 Å². The summed E-state index contributed by atoms with van der Waals surface area (Å²) >= 11 is 0. The Labute approximate surface area is 109 Å². The van der Waals surface area contributed by atoms with Gasteiger partial charge in [0.15, 0.2) is 0 Å². The van der Waals surface area contributed by atoms with Gasteiger partial charge in [-0.1, -0.05) is 0 Å². The van der Waals surface area contributed by atoms with Crippen LogP contribution in [0.15, 0.2) is 0 Å². The molecule has 0 spiro atoms.